The highest BCUT2D eigenvalue weighted by Gasteiger charge is 2.39. The fourth-order valence-electron chi connectivity index (χ4n) is 3.38. The predicted molar refractivity (Wildman–Crippen MR) is 127 cm³/mol. The third kappa shape index (κ3) is 8.37. The molecule has 0 aliphatic carbocycles. The quantitative estimate of drug-likeness (QED) is 0.158. The number of hydrogen-bond donors (Lipinski definition) is 4. The number of aromatic amines is 1. The van der Waals surface area contributed by atoms with Crippen molar-refractivity contribution in [2.75, 3.05) is 13.2 Å². The van der Waals surface area contributed by atoms with Crippen LogP contribution in [-0.2, 0) is 28.2 Å². The highest BCUT2D eigenvalue weighted by molar-refractivity contribution is 7.52. The van der Waals surface area contributed by atoms with Gasteiger partial charge in [0.25, 0.3) is 5.56 Å². The van der Waals surface area contributed by atoms with Crippen molar-refractivity contribution < 1.29 is 42.9 Å². The van der Waals surface area contributed by atoms with Crippen LogP contribution < -0.4 is 20.9 Å². The molecule has 1 aliphatic heterocycles. The second-order valence-electron chi connectivity index (χ2n) is 8.16. The maximum atomic E-state index is 13.6. The van der Waals surface area contributed by atoms with E-state index in [4.69, 9.17) is 23.6 Å². The molecule has 1 aromatic carbocycles. The number of aliphatic carboxylic acids is 1. The van der Waals surface area contributed by atoms with E-state index in [0.717, 1.165) is 10.6 Å². The van der Waals surface area contributed by atoms with Crippen LogP contribution in [0.4, 0.5) is 0 Å². The Morgan fingerprint density at radius 3 is 2.68 bits per heavy atom. The van der Waals surface area contributed by atoms with Gasteiger partial charge in [-0.2, -0.15) is 5.09 Å². The van der Waals surface area contributed by atoms with E-state index in [0.29, 0.717) is 0 Å². The molecule has 1 aliphatic rings. The summed E-state index contributed by atoms with van der Waals surface area (Å²) in [6.45, 7) is 0.784. The van der Waals surface area contributed by atoms with Gasteiger partial charge in [-0.15, -0.1) is 0 Å². The lowest BCUT2D eigenvalue weighted by Gasteiger charge is -2.24. The van der Waals surface area contributed by atoms with Crippen molar-refractivity contribution in [2.45, 2.75) is 50.7 Å². The smallest absolute Gasteiger partial charge is 0.459 e. The van der Waals surface area contributed by atoms with E-state index >= 15 is 0 Å². The van der Waals surface area contributed by atoms with Gasteiger partial charge >= 0.3 is 25.4 Å². The Balaban J connectivity index is 1.66. The average Bonchev–Trinajstić information content (AvgIpc) is 3.21. The van der Waals surface area contributed by atoms with Gasteiger partial charge in [-0.05, 0) is 25.5 Å². The molecule has 0 radical (unpaired) electrons. The van der Waals surface area contributed by atoms with E-state index in [1.165, 1.54) is 25.3 Å². The van der Waals surface area contributed by atoms with Gasteiger partial charge in [-0.3, -0.25) is 28.5 Å². The summed E-state index contributed by atoms with van der Waals surface area (Å²) >= 11 is 0. The number of hydrogen-bond acceptors (Lipinski definition) is 10. The van der Waals surface area contributed by atoms with Gasteiger partial charge in [0, 0.05) is 25.1 Å². The number of carboxylic acid groups (broad SMARTS) is 1. The minimum atomic E-state index is -4.24. The third-order valence-electron chi connectivity index (χ3n) is 5.23. The number of nitrogens with one attached hydrogen (secondary N) is 2. The number of aliphatic hydroxyl groups excluding tert-OH is 1. The Labute approximate surface area is 210 Å². The van der Waals surface area contributed by atoms with Crippen LogP contribution in [-0.4, -0.2) is 63.2 Å². The Morgan fingerprint density at radius 1 is 1.27 bits per heavy atom. The minimum absolute atomic E-state index is 0.00365. The number of nitrogens with zero attached hydrogens (tertiary/aromatic N) is 1. The van der Waals surface area contributed by atoms with E-state index in [-0.39, 0.29) is 31.6 Å². The molecule has 2 aromatic rings. The first-order chi connectivity index (χ1) is 17.6. The molecular formula is C22H28N3O11P. The van der Waals surface area contributed by atoms with Crippen LogP contribution in [0.2, 0.25) is 0 Å². The summed E-state index contributed by atoms with van der Waals surface area (Å²) in [5, 5.41) is 21.6. The summed E-state index contributed by atoms with van der Waals surface area (Å²) in [6.07, 6.45) is -1.87. The van der Waals surface area contributed by atoms with E-state index in [1.807, 2.05) is 0 Å². The molecule has 0 amide bonds. The number of benzene rings is 1. The van der Waals surface area contributed by atoms with Crippen LogP contribution in [0, 0.1) is 0 Å². The molecule has 37 heavy (non-hydrogen) atoms. The maximum absolute atomic E-state index is 13.6. The summed E-state index contributed by atoms with van der Waals surface area (Å²) in [6, 6.07) is 7.99. The zero-order valence-electron chi connectivity index (χ0n) is 19.8. The number of carbonyl (C=O) groups is 2. The monoisotopic (exact) mass is 541 g/mol. The Morgan fingerprint density at radius 2 is 2.00 bits per heavy atom. The van der Waals surface area contributed by atoms with Crippen molar-refractivity contribution in [3.63, 3.8) is 0 Å². The second kappa shape index (κ2) is 12.8. The highest BCUT2D eigenvalue weighted by Crippen LogP contribution is 2.45. The maximum Gasteiger partial charge on any atom is 0.459 e. The first-order valence-electron chi connectivity index (χ1n) is 11.4. The number of para-hydroxylation sites is 1. The Hall–Kier alpha value is -3.29. The SMILES string of the molecule is C[C@H](NP(=O)(OC[C@H]1O[C@@H](n2ccc(=O)[nH]c2=O)C[C@@H]1O)Oc1ccccc1)C(=O)OCCCC(=O)O. The molecule has 0 bridgehead atoms. The molecule has 202 valence electrons. The van der Waals surface area contributed by atoms with Crippen molar-refractivity contribution in [1.82, 2.24) is 14.6 Å². The number of esters is 1. The molecule has 3 rings (SSSR count). The van der Waals surface area contributed by atoms with Crippen molar-refractivity contribution in [2.24, 2.45) is 0 Å². The van der Waals surface area contributed by atoms with Crippen LogP contribution in [0.3, 0.4) is 0 Å². The molecule has 5 atom stereocenters. The normalized spacial score (nSPS) is 21.6. The molecule has 1 saturated heterocycles. The first-order valence-corrected chi connectivity index (χ1v) is 12.9. The van der Waals surface area contributed by atoms with Gasteiger partial charge in [-0.25, -0.2) is 9.36 Å². The van der Waals surface area contributed by atoms with Crippen molar-refractivity contribution in [3.8, 4) is 5.75 Å². The molecular weight excluding hydrogens is 513 g/mol. The largest absolute Gasteiger partial charge is 0.481 e. The molecule has 15 heteroatoms. The number of aromatic nitrogens is 2. The fourth-order valence-corrected chi connectivity index (χ4v) is 4.88. The highest BCUT2D eigenvalue weighted by atomic mass is 31.2. The topological polar surface area (TPSA) is 195 Å². The van der Waals surface area contributed by atoms with Crippen molar-refractivity contribution in [3.05, 3.63) is 63.4 Å². The van der Waals surface area contributed by atoms with Gasteiger partial charge in [0.1, 0.15) is 24.1 Å². The van der Waals surface area contributed by atoms with E-state index < -0.39 is 62.0 Å². The van der Waals surface area contributed by atoms with Crippen LogP contribution in [0.15, 0.2) is 52.2 Å². The van der Waals surface area contributed by atoms with Gasteiger partial charge in [0.05, 0.1) is 19.3 Å². The zero-order valence-corrected chi connectivity index (χ0v) is 20.7. The standard InChI is InChI=1S/C22H28N3O11P/c1-14(21(30)33-11-5-8-20(28)29)24-37(32,36-15-6-3-2-4-7-15)34-13-17-16(26)12-19(35-17)25-10-9-18(27)23-22(25)31/h2-4,6-7,9-10,14,16-17,19,26H,5,8,11-13H2,1H3,(H,24,32)(H,28,29)(H,23,27,31)/t14-,16-,17+,19+,37?/m0/s1. The predicted octanol–water partition coefficient (Wildman–Crippen LogP) is 0.775. The van der Waals surface area contributed by atoms with Crippen molar-refractivity contribution in [1.29, 1.82) is 0 Å². The number of carbonyl (C=O) groups excluding carboxylic acids is 1. The van der Waals surface area contributed by atoms with Crippen LogP contribution in [0.5, 0.6) is 5.75 Å². The lowest BCUT2D eigenvalue weighted by molar-refractivity contribution is -0.146. The second-order valence-corrected chi connectivity index (χ2v) is 9.86. The number of rotatable bonds is 13. The summed E-state index contributed by atoms with van der Waals surface area (Å²) in [5.74, 6) is -1.66. The molecule has 14 nitrogen and oxygen atoms in total. The van der Waals surface area contributed by atoms with Gasteiger partial charge < -0.3 is 24.2 Å². The average molecular weight is 541 g/mol. The van der Waals surface area contributed by atoms with Gasteiger partial charge in [-0.1, -0.05) is 18.2 Å². The first kappa shape index (κ1) is 28.3. The zero-order chi connectivity index (χ0) is 27.0. The number of carboxylic acids is 1. The fraction of sp³-hybridized carbons (Fsp3) is 0.455. The molecule has 1 fully saturated rings. The molecule has 0 spiro atoms. The molecule has 1 aromatic heterocycles. The van der Waals surface area contributed by atoms with Gasteiger partial charge in [0.15, 0.2) is 0 Å². The van der Waals surface area contributed by atoms with E-state index in [9.17, 15) is 28.8 Å². The van der Waals surface area contributed by atoms with Gasteiger partial charge in [0.2, 0.25) is 0 Å². The Kier molecular flexibility index (Phi) is 9.78. The number of ether oxygens (including phenoxy) is 2. The van der Waals surface area contributed by atoms with Crippen LogP contribution in [0.1, 0.15) is 32.4 Å². The molecule has 2 heterocycles. The third-order valence-corrected chi connectivity index (χ3v) is 6.87. The van der Waals surface area contributed by atoms with Crippen LogP contribution >= 0.6 is 7.75 Å². The van der Waals surface area contributed by atoms with Crippen molar-refractivity contribution >= 4 is 19.7 Å². The summed E-state index contributed by atoms with van der Waals surface area (Å²) in [7, 11) is -4.24. The number of aliphatic hydroxyl groups is 1. The number of H-pyrrole nitrogens is 1. The molecule has 0 saturated carbocycles. The molecule has 1 unspecified atom stereocenters. The lowest BCUT2D eigenvalue weighted by Crippen LogP contribution is -2.36. The molecule has 4 N–H and O–H groups in total. The van der Waals surface area contributed by atoms with Crippen LogP contribution in [0.25, 0.3) is 0 Å². The minimum Gasteiger partial charge on any atom is -0.481 e. The summed E-state index contributed by atoms with van der Waals surface area (Å²) < 4.78 is 36.4. The summed E-state index contributed by atoms with van der Waals surface area (Å²) in [5.41, 5.74) is -1.30. The summed E-state index contributed by atoms with van der Waals surface area (Å²) in [4.78, 5) is 48.3. The lowest BCUT2D eigenvalue weighted by atomic mass is 10.2. The Bertz CT molecular complexity index is 1230. The van der Waals surface area contributed by atoms with E-state index in [1.54, 1.807) is 18.2 Å². The van der Waals surface area contributed by atoms with E-state index in [2.05, 4.69) is 10.1 Å².